The summed E-state index contributed by atoms with van der Waals surface area (Å²) >= 11 is 6.00. The molecule has 94 valence electrons. The molecule has 0 N–H and O–H groups in total. The van der Waals surface area contributed by atoms with Crippen LogP contribution in [0.1, 0.15) is 12.0 Å². The molecule has 0 atom stereocenters. The van der Waals surface area contributed by atoms with Gasteiger partial charge in [0.2, 0.25) is 9.05 Å². The number of halogens is 2. The molecule has 0 aliphatic rings. The predicted molar refractivity (Wildman–Crippen MR) is 71.3 cm³/mol. The van der Waals surface area contributed by atoms with Crippen molar-refractivity contribution in [2.45, 2.75) is 6.42 Å². The molecule has 0 aliphatic heterocycles. The van der Waals surface area contributed by atoms with Gasteiger partial charge in [-0.25, -0.2) is 8.42 Å². The number of benzene rings is 1. The Kier molecular flexibility index (Phi) is 5.31. The maximum absolute atomic E-state index is 10.7. The van der Waals surface area contributed by atoms with E-state index in [0.29, 0.717) is 17.2 Å². The average molecular weight is 295 g/mol. The van der Waals surface area contributed by atoms with Crippen molar-refractivity contribution < 1.29 is 13.2 Å². The molecule has 1 aromatic carbocycles. The van der Waals surface area contributed by atoms with Gasteiger partial charge in [-0.2, -0.15) is 0 Å². The molecule has 0 aromatic heterocycles. The lowest BCUT2D eigenvalue weighted by molar-refractivity contribution is 0.415. The highest BCUT2D eigenvalue weighted by Crippen LogP contribution is 2.23. The quantitative estimate of drug-likeness (QED) is 0.783. The zero-order valence-electron chi connectivity index (χ0n) is 9.19. The van der Waals surface area contributed by atoms with Gasteiger partial charge in [-0.05, 0) is 30.2 Å². The second-order valence-corrected chi connectivity index (χ2v) is 6.63. The summed E-state index contributed by atoms with van der Waals surface area (Å²) in [4.78, 5) is 0. The SMILES string of the molecule is COc1ccc(/C=C/CCS(=O)(=O)Cl)c(Cl)c1. The minimum atomic E-state index is -3.43. The van der Waals surface area contributed by atoms with Crippen molar-refractivity contribution in [3.05, 3.63) is 34.9 Å². The first-order chi connectivity index (χ1) is 7.92. The molecule has 0 spiro atoms. The molecule has 0 fully saturated rings. The maximum atomic E-state index is 10.7. The van der Waals surface area contributed by atoms with Gasteiger partial charge in [-0.15, -0.1) is 0 Å². The highest BCUT2D eigenvalue weighted by Gasteiger charge is 2.02. The average Bonchev–Trinajstić information content (AvgIpc) is 2.24. The van der Waals surface area contributed by atoms with E-state index in [1.807, 2.05) is 0 Å². The van der Waals surface area contributed by atoms with E-state index >= 15 is 0 Å². The summed E-state index contributed by atoms with van der Waals surface area (Å²) in [7, 11) is 3.21. The van der Waals surface area contributed by atoms with Crippen molar-refractivity contribution in [3.8, 4) is 5.75 Å². The normalized spacial score (nSPS) is 11.9. The molecule has 1 aromatic rings. The van der Waals surface area contributed by atoms with E-state index in [1.165, 1.54) is 0 Å². The molecule has 1 rings (SSSR count). The van der Waals surface area contributed by atoms with E-state index in [2.05, 4.69) is 0 Å². The summed E-state index contributed by atoms with van der Waals surface area (Å²) in [5, 5.41) is 0.550. The summed E-state index contributed by atoms with van der Waals surface area (Å²) in [6.45, 7) is 0. The second kappa shape index (κ2) is 6.28. The van der Waals surface area contributed by atoms with Gasteiger partial charge in [0.1, 0.15) is 5.75 Å². The van der Waals surface area contributed by atoms with Crippen LogP contribution in [-0.2, 0) is 9.05 Å². The molecule has 0 unspecified atom stereocenters. The van der Waals surface area contributed by atoms with Crippen molar-refractivity contribution in [2.24, 2.45) is 0 Å². The third-order valence-corrected chi connectivity index (χ3v) is 3.55. The monoisotopic (exact) mass is 294 g/mol. The summed E-state index contributed by atoms with van der Waals surface area (Å²) in [6, 6.07) is 5.27. The van der Waals surface area contributed by atoms with Crippen molar-refractivity contribution in [2.75, 3.05) is 12.9 Å². The Labute approximate surface area is 110 Å². The molecule has 0 radical (unpaired) electrons. The Hall–Kier alpha value is -0.710. The van der Waals surface area contributed by atoms with Gasteiger partial charge in [-0.1, -0.05) is 23.8 Å². The van der Waals surface area contributed by atoms with Gasteiger partial charge in [0, 0.05) is 10.7 Å². The van der Waals surface area contributed by atoms with E-state index in [1.54, 1.807) is 37.5 Å². The van der Waals surface area contributed by atoms with Crippen LogP contribution in [0.5, 0.6) is 5.75 Å². The minimum Gasteiger partial charge on any atom is -0.497 e. The number of methoxy groups -OCH3 is 1. The highest BCUT2D eigenvalue weighted by atomic mass is 35.7. The van der Waals surface area contributed by atoms with Gasteiger partial charge in [0.05, 0.1) is 17.9 Å². The Morgan fingerprint density at radius 1 is 1.41 bits per heavy atom. The Bertz CT molecular complexity index is 509. The fourth-order valence-corrected chi connectivity index (χ4v) is 2.11. The second-order valence-electron chi connectivity index (χ2n) is 3.32. The molecular weight excluding hydrogens is 283 g/mol. The fraction of sp³-hybridized carbons (Fsp3) is 0.273. The maximum Gasteiger partial charge on any atom is 0.232 e. The molecule has 0 heterocycles. The molecule has 3 nitrogen and oxygen atoms in total. The molecule has 6 heteroatoms. The first-order valence-corrected chi connectivity index (χ1v) is 7.70. The van der Waals surface area contributed by atoms with Crippen molar-refractivity contribution >= 4 is 37.4 Å². The van der Waals surface area contributed by atoms with Crippen LogP contribution >= 0.6 is 22.3 Å². The molecule has 0 aliphatic carbocycles. The topological polar surface area (TPSA) is 43.4 Å². The van der Waals surface area contributed by atoms with Gasteiger partial charge in [0.15, 0.2) is 0 Å². The largest absolute Gasteiger partial charge is 0.497 e. The van der Waals surface area contributed by atoms with Crippen LogP contribution in [-0.4, -0.2) is 21.3 Å². The van der Waals surface area contributed by atoms with Gasteiger partial charge in [-0.3, -0.25) is 0 Å². The van der Waals surface area contributed by atoms with Gasteiger partial charge in [0.25, 0.3) is 0 Å². The number of allylic oxidation sites excluding steroid dienone is 1. The summed E-state index contributed by atoms with van der Waals surface area (Å²) in [6.07, 6.45) is 3.83. The summed E-state index contributed by atoms with van der Waals surface area (Å²) in [5.41, 5.74) is 0.805. The predicted octanol–water partition coefficient (Wildman–Crippen LogP) is 3.32. The lowest BCUT2D eigenvalue weighted by Crippen LogP contribution is -1.94. The van der Waals surface area contributed by atoms with Crippen LogP contribution in [0, 0.1) is 0 Å². The Balaban J connectivity index is 2.66. The van der Waals surface area contributed by atoms with E-state index in [9.17, 15) is 8.42 Å². The summed E-state index contributed by atoms with van der Waals surface area (Å²) < 4.78 is 26.4. The van der Waals surface area contributed by atoms with Crippen LogP contribution < -0.4 is 4.74 Å². The number of hydrogen-bond donors (Lipinski definition) is 0. The molecule has 17 heavy (non-hydrogen) atoms. The number of hydrogen-bond acceptors (Lipinski definition) is 3. The third kappa shape index (κ3) is 5.44. The minimum absolute atomic E-state index is 0.0845. The zero-order chi connectivity index (χ0) is 12.9. The first-order valence-electron chi connectivity index (χ1n) is 4.85. The van der Waals surface area contributed by atoms with Gasteiger partial charge >= 0.3 is 0 Å². The number of rotatable bonds is 5. The molecule has 0 amide bonds. The lowest BCUT2D eigenvalue weighted by atomic mass is 10.2. The Morgan fingerprint density at radius 2 is 2.12 bits per heavy atom. The highest BCUT2D eigenvalue weighted by molar-refractivity contribution is 8.13. The van der Waals surface area contributed by atoms with Crippen LogP contribution in [0.25, 0.3) is 6.08 Å². The number of ether oxygens (including phenoxy) is 1. The van der Waals surface area contributed by atoms with Crippen LogP contribution in [0.3, 0.4) is 0 Å². The van der Waals surface area contributed by atoms with Crippen LogP contribution in [0.2, 0.25) is 5.02 Å². The summed E-state index contributed by atoms with van der Waals surface area (Å²) in [5.74, 6) is 0.592. The van der Waals surface area contributed by atoms with E-state index < -0.39 is 9.05 Å². The lowest BCUT2D eigenvalue weighted by Gasteiger charge is -2.02. The molecule has 0 bridgehead atoms. The van der Waals surface area contributed by atoms with E-state index in [-0.39, 0.29) is 5.75 Å². The standard InChI is InChI=1S/C11H12Cl2O3S/c1-16-10-6-5-9(11(12)8-10)4-2-3-7-17(13,14)15/h2,4-6,8H,3,7H2,1H3/b4-2+. The van der Waals surface area contributed by atoms with Crippen molar-refractivity contribution in [1.29, 1.82) is 0 Å². The van der Waals surface area contributed by atoms with Crippen LogP contribution in [0.4, 0.5) is 0 Å². The molecular formula is C11H12Cl2O3S. The van der Waals surface area contributed by atoms with E-state index in [0.717, 1.165) is 5.56 Å². The van der Waals surface area contributed by atoms with E-state index in [4.69, 9.17) is 27.0 Å². The fourth-order valence-electron chi connectivity index (χ4n) is 1.19. The van der Waals surface area contributed by atoms with Crippen LogP contribution in [0.15, 0.2) is 24.3 Å². The van der Waals surface area contributed by atoms with Crippen molar-refractivity contribution in [1.82, 2.24) is 0 Å². The smallest absolute Gasteiger partial charge is 0.232 e. The molecule has 0 saturated heterocycles. The third-order valence-electron chi connectivity index (χ3n) is 2.03. The van der Waals surface area contributed by atoms with Crippen molar-refractivity contribution in [3.63, 3.8) is 0 Å². The van der Waals surface area contributed by atoms with Gasteiger partial charge < -0.3 is 4.74 Å². The zero-order valence-corrected chi connectivity index (χ0v) is 11.5. The Morgan fingerprint density at radius 3 is 2.65 bits per heavy atom. The first kappa shape index (κ1) is 14.4. The molecule has 0 saturated carbocycles.